The van der Waals surface area contributed by atoms with Crippen molar-refractivity contribution >= 4 is 46.5 Å². The number of amides is 2. The van der Waals surface area contributed by atoms with Crippen molar-refractivity contribution in [2.75, 3.05) is 6.61 Å². The van der Waals surface area contributed by atoms with Crippen LogP contribution in [0.5, 0.6) is 0 Å². The molecule has 0 saturated carbocycles. The van der Waals surface area contributed by atoms with E-state index in [1.807, 2.05) is 13.8 Å². The average molecular weight is 729 g/mol. The minimum atomic E-state index is -1.14. The van der Waals surface area contributed by atoms with Gasteiger partial charge in [0.2, 0.25) is 5.89 Å². The third-order valence-corrected chi connectivity index (χ3v) is 7.60. The summed E-state index contributed by atoms with van der Waals surface area (Å²) >= 11 is 0. The summed E-state index contributed by atoms with van der Waals surface area (Å²) in [5.41, 5.74) is 14.6. The molecule has 0 aliphatic carbocycles. The van der Waals surface area contributed by atoms with E-state index in [9.17, 15) is 29.5 Å². The largest absolute Gasteiger partial charge is 0.457 e. The number of hydrogen-bond donors (Lipinski definition) is 2. The molecular formula is C38H44N6O9. The van der Waals surface area contributed by atoms with Gasteiger partial charge in [0.25, 0.3) is 11.7 Å². The standard InChI is InChI=1S/C38H44N6O9/c1-10-50-34(47)30(43-40)31(45)24-19-44(36(49)53-38(7,8)9)25-16-12-15-23(27(24)25)22-14-11-13-21(17-22)18-26-29(32(39)46)41-33(51-26)28(20(2)3)42-35(48)52-37(4,5)6/h11-17,19-20,28H,10,18H2,1-9H3,(H2,39,46)(H,42,48)/t28-/m0/s1. The lowest BCUT2D eigenvalue weighted by atomic mass is 9.95. The lowest BCUT2D eigenvalue weighted by Crippen LogP contribution is -2.37. The van der Waals surface area contributed by atoms with E-state index in [1.165, 1.54) is 13.1 Å². The number of primary amides is 1. The molecule has 2 aromatic heterocycles. The third-order valence-electron chi connectivity index (χ3n) is 7.60. The maximum absolute atomic E-state index is 13.8. The monoisotopic (exact) mass is 728 g/mol. The van der Waals surface area contributed by atoms with Crippen LogP contribution in [0.4, 0.5) is 9.59 Å². The van der Waals surface area contributed by atoms with Crippen LogP contribution in [0, 0.1) is 5.92 Å². The summed E-state index contributed by atoms with van der Waals surface area (Å²) in [5.74, 6) is -2.93. The van der Waals surface area contributed by atoms with Crippen LogP contribution in [0.2, 0.25) is 0 Å². The van der Waals surface area contributed by atoms with Crippen LogP contribution in [0.1, 0.15) is 106 Å². The van der Waals surface area contributed by atoms with Crippen LogP contribution >= 0.6 is 0 Å². The summed E-state index contributed by atoms with van der Waals surface area (Å²) in [6.07, 6.45) is -0.186. The summed E-state index contributed by atoms with van der Waals surface area (Å²) < 4.78 is 23.2. The normalized spacial score (nSPS) is 12.2. The van der Waals surface area contributed by atoms with Crippen LogP contribution < -0.4 is 11.1 Å². The number of carbonyl (C=O) groups is 5. The first-order chi connectivity index (χ1) is 24.7. The lowest BCUT2D eigenvalue weighted by Gasteiger charge is -2.24. The minimum absolute atomic E-state index is 0.0568. The highest BCUT2D eigenvalue weighted by molar-refractivity contribution is 6.66. The number of rotatable bonds is 11. The number of nitrogens with one attached hydrogen (secondary N) is 1. The van der Waals surface area contributed by atoms with E-state index < -0.39 is 52.8 Å². The van der Waals surface area contributed by atoms with Crippen molar-refractivity contribution in [3.05, 3.63) is 82.7 Å². The molecule has 2 heterocycles. The summed E-state index contributed by atoms with van der Waals surface area (Å²) in [4.78, 5) is 72.2. The number of aromatic nitrogens is 2. The van der Waals surface area contributed by atoms with Gasteiger partial charge >= 0.3 is 23.9 Å². The predicted molar refractivity (Wildman–Crippen MR) is 193 cm³/mol. The molecule has 2 amide bonds. The molecule has 0 bridgehead atoms. The first-order valence-corrected chi connectivity index (χ1v) is 16.9. The fourth-order valence-corrected chi connectivity index (χ4v) is 5.47. The number of fused-ring (bicyclic) bond motifs is 1. The first-order valence-electron chi connectivity index (χ1n) is 16.9. The summed E-state index contributed by atoms with van der Waals surface area (Å²) in [6, 6.07) is 11.3. The average Bonchev–Trinajstić information content (AvgIpc) is 3.65. The molecule has 3 N–H and O–H groups in total. The number of ether oxygens (including phenoxy) is 3. The van der Waals surface area contributed by atoms with E-state index in [2.05, 4.69) is 15.1 Å². The predicted octanol–water partition coefficient (Wildman–Crippen LogP) is 6.41. The zero-order valence-electron chi connectivity index (χ0n) is 31.2. The fourth-order valence-electron chi connectivity index (χ4n) is 5.47. The van der Waals surface area contributed by atoms with Gasteiger partial charge in [-0.05, 0) is 77.1 Å². The zero-order valence-corrected chi connectivity index (χ0v) is 31.2. The number of alkyl carbamates (subject to hydrolysis) is 1. The van der Waals surface area contributed by atoms with E-state index in [0.717, 1.165) is 4.57 Å². The van der Waals surface area contributed by atoms with Gasteiger partial charge in [0.1, 0.15) is 23.0 Å². The van der Waals surface area contributed by atoms with Gasteiger partial charge in [-0.25, -0.2) is 19.4 Å². The Kier molecular flexibility index (Phi) is 11.7. The Morgan fingerprint density at radius 1 is 1.00 bits per heavy atom. The number of Topliss-reactive ketones (excluding diaryl/α,β-unsaturated/α-hetero) is 1. The van der Waals surface area contributed by atoms with Crippen LogP contribution in [-0.2, 0) is 25.4 Å². The van der Waals surface area contributed by atoms with Gasteiger partial charge in [-0.15, -0.1) is 0 Å². The summed E-state index contributed by atoms with van der Waals surface area (Å²) in [6.45, 7) is 15.4. The summed E-state index contributed by atoms with van der Waals surface area (Å²) in [7, 11) is 0. The molecule has 15 nitrogen and oxygen atoms in total. The number of benzene rings is 2. The lowest BCUT2D eigenvalue weighted by molar-refractivity contribution is -0.139. The van der Waals surface area contributed by atoms with Crippen molar-refractivity contribution in [3.8, 4) is 11.1 Å². The van der Waals surface area contributed by atoms with Gasteiger partial charge in [0.05, 0.1) is 17.7 Å². The smallest absolute Gasteiger partial charge is 0.446 e. The molecule has 53 heavy (non-hydrogen) atoms. The Morgan fingerprint density at radius 2 is 1.66 bits per heavy atom. The fraction of sp³-hybridized carbons (Fsp3) is 0.395. The van der Waals surface area contributed by atoms with E-state index in [-0.39, 0.29) is 52.8 Å². The minimum Gasteiger partial charge on any atom is -0.457 e. The van der Waals surface area contributed by atoms with Crippen molar-refractivity contribution < 1.29 is 47.4 Å². The Hall–Kier alpha value is -6.08. The van der Waals surface area contributed by atoms with Gasteiger partial charge in [0.15, 0.2) is 5.69 Å². The van der Waals surface area contributed by atoms with Crippen LogP contribution in [0.3, 0.4) is 0 Å². The quantitative estimate of drug-likeness (QED) is 0.0329. The molecule has 0 aliphatic rings. The number of hydrogen-bond acceptors (Lipinski definition) is 10. The van der Waals surface area contributed by atoms with Crippen molar-refractivity contribution in [1.29, 1.82) is 0 Å². The topological polar surface area (TPSA) is 218 Å². The number of esters is 1. The van der Waals surface area contributed by atoms with Crippen LogP contribution in [0.25, 0.3) is 27.6 Å². The molecule has 0 fully saturated rings. The van der Waals surface area contributed by atoms with Crippen molar-refractivity contribution in [2.45, 2.75) is 86.0 Å². The van der Waals surface area contributed by atoms with E-state index >= 15 is 0 Å². The highest BCUT2D eigenvalue weighted by atomic mass is 16.6. The second kappa shape index (κ2) is 15.7. The van der Waals surface area contributed by atoms with Gasteiger partial charge in [0, 0.05) is 18.0 Å². The molecule has 0 spiro atoms. The Balaban J connectivity index is 1.82. The van der Waals surface area contributed by atoms with Gasteiger partial charge < -0.3 is 35.2 Å². The number of carbonyl (C=O) groups excluding carboxylic acids is 5. The number of ketones is 1. The van der Waals surface area contributed by atoms with Crippen LogP contribution in [-0.4, -0.2) is 67.7 Å². The zero-order chi connectivity index (χ0) is 39.4. The highest BCUT2D eigenvalue weighted by Gasteiger charge is 2.36. The molecule has 1 atom stereocenters. The molecule has 0 unspecified atom stereocenters. The van der Waals surface area contributed by atoms with Gasteiger partial charge in [-0.3, -0.25) is 14.2 Å². The van der Waals surface area contributed by atoms with E-state index in [4.69, 9.17) is 24.4 Å². The van der Waals surface area contributed by atoms with E-state index in [1.54, 1.807) is 84.0 Å². The number of oxazole rings is 1. The highest BCUT2D eigenvalue weighted by Crippen LogP contribution is 2.35. The molecule has 0 radical (unpaired) electrons. The molecule has 2 aromatic carbocycles. The van der Waals surface area contributed by atoms with Crippen molar-refractivity contribution in [3.63, 3.8) is 0 Å². The second-order valence-electron chi connectivity index (χ2n) is 14.5. The molecule has 0 aliphatic heterocycles. The van der Waals surface area contributed by atoms with Gasteiger partial charge in [-0.2, -0.15) is 4.79 Å². The summed E-state index contributed by atoms with van der Waals surface area (Å²) in [5, 5.41) is 3.02. The number of nitrogens with zero attached hydrogens (tertiary/aromatic N) is 4. The Morgan fingerprint density at radius 3 is 2.25 bits per heavy atom. The SMILES string of the molecule is CCOC(=O)C(=[N+]=[N-])C(=O)c1cn(C(=O)OC(C)(C)C)c2cccc(-c3cccc(Cc4oc([C@@H](NC(=O)OC(C)(C)C)C(C)C)nc4C(N)=O)c3)c12. The van der Waals surface area contributed by atoms with Gasteiger partial charge in [-0.1, -0.05) is 50.2 Å². The Bertz CT molecular complexity index is 2120. The molecule has 4 rings (SSSR count). The maximum atomic E-state index is 13.8. The molecule has 15 heteroatoms. The molecule has 4 aromatic rings. The van der Waals surface area contributed by atoms with Crippen molar-refractivity contribution in [1.82, 2.24) is 14.9 Å². The maximum Gasteiger partial charge on any atom is 0.446 e. The third kappa shape index (κ3) is 9.43. The molecular weight excluding hydrogens is 684 g/mol. The molecule has 0 saturated heterocycles. The van der Waals surface area contributed by atoms with Crippen LogP contribution in [0.15, 0.2) is 53.1 Å². The molecule has 280 valence electrons. The Labute approximate surface area is 306 Å². The number of nitrogens with two attached hydrogens (primary N) is 1. The van der Waals surface area contributed by atoms with Crippen molar-refractivity contribution in [2.24, 2.45) is 11.7 Å². The second-order valence-corrected chi connectivity index (χ2v) is 14.5. The van der Waals surface area contributed by atoms with E-state index in [0.29, 0.717) is 16.7 Å². The first kappa shape index (κ1) is 39.7.